The highest BCUT2D eigenvalue weighted by Gasteiger charge is 2.50. The molecule has 0 amide bonds. The molecule has 0 heterocycles. The summed E-state index contributed by atoms with van der Waals surface area (Å²) in [5.41, 5.74) is -0.712. The number of unbranched alkanes of at least 4 members (excludes halogenated alkanes) is 2. The predicted molar refractivity (Wildman–Crippen MR) is 105 cm³/mol. The van der Waals surface area contributed by atoms with Crippen molar-refractivity contribution in [3.63, 3.8) is 0 Å². The predicted octanol–water partition coefficient (Wildman–Crippen LogP) is 3.13. The van der Waals surface area contributed by atoms with Gasteiger partial charge in [-0.15, -0.1) is 0 Å². The fourth-order valence-corrected chi connectivity index (χ4v) is 4.16. The average Bonchev–Trinajstić information content (AvgIpc) is 3.21. The average molecular weight is 381 g/mol. The van der Waals surface area contributed by atoms with Crippen molar-refractivity contribution in [2.75, 3.05) is 7.11 Å². The number of hydrogen-bond acceptors (Lipinski definition) is 5. The maximum atomic E-state index is 11.1. The Morgan fingerprint density at radius 2 is 2.00 bits per heavy atom. The number of carbonyl (C=O) groups excluding carboxylic acids is 1. The Labute approximate surface area is 163 Å². The van der Waals surface area contributed by atoms with Crippen molar-refractivity contribution >= 4 is 5.97 Å². The molecule has 5 heteroatoms. The topological polar surface area (TPSA) is 87.0 Å². The number of methoxy groups -OCH3 is 1. The number of aliphatic hydroxyl groups is 3. The molecule has 0 aromatic rings. The van der Waals surface area contributed by atoms with Gasteiger partial charge in [0.25, 0.3) is 0 Å². The van der Waals surface area contributed by atoms with Crippen molar-refractivity contribution in [2.24, 2.45) is 17.8 Å². The normalized spacial score (nSPS) is 36.0. The van der Waals surface area contributed by atoms with Gasteiger partial charge in [0, 0.05) is 18.8 Å². The molecule has 0 radical (unpaired) electrons. The smallest absolute Gasteiger partial charge is 0.305 e. The van der Waals surface area contributed by atoms with Gasteiger partial charge in [0.15, 0.2) is 0 Å². The Balaban J connectivity index is 1.82. The third kappa shape index (κ3) is 6.44. The third-order valence-corrected chi connectivity index (χ3v) is 6.10. The number of ether oxygens (including phenoxy) is 1. The molecule has 0 aromatic heterocycles. The zero-order valence-corrected chi connectivity index (χ0v) is 16.7. The van der Waals surface area contributed by atoms with Crippen molar-refractivity contribution in [1.29, 1.82) is 0 Å². The van der Waals surface area contributed by atoms with Gasteiger partial charge in [0.2, 0.25) is 0 Å². The minimum Gasteiger partial charge on any atom is -0.469 e. The molecule has 0 aromatic carbocycles. The highest BCUT2D eigenvalue weighted by Crippen LogP contribution is 2.48. The summed E-state index contributed by atoms with van der Waals surface area (Å²) in [7, 11) is 1.39. The summed E-state index contributed by atoms with van der Waals surface area (Å²) < 4.78 is 4.61. The molecule has 5 nitrogen and oxygen atoms in total. The molecule has 6 atom stereocenters. The fourth-order valence-electron chi connectivity index (χ4n) is 4.16. The van der Waals surface area contributed by atoms with Crippen molar-refractivity contribution in [1.82, 2.24) is 0 Å². The number of carbonyl (C=O) groups is 1. The van der Waals surface area contributed by atoms with Crippen LogP contribution in [0.25, 0.3) is 0 Å². The second-order valence-corrected chi connectivity index (χ2v) is 8.18. The van der Waals surface area contributed by atoms with Crippen LogP contribution in [-0.2, 0) is 9.53 Å². The van der Waals surface area contributed by atoms with E-state index in [2.05, 4.69) is 11.7 Å². The van der Waals surface area contributed by atoms with Crippen molar-refractivity contribution in [3.8, 4) is 0 Å². The Bertz CT molecular complexity index is 529. The van der Waals surface area contributed by atoms with Gasteiger partial charge in [-0.05, 0) is 43.9 Å². The molecule has 0 bridgehead atoms. The molecule has 0 spiro atoms. The molecule has 2 rings (SSSR count). The van der Waals surface area contributed by atoms with Gasteiger partial charge >= 0.3 is 5.97 Å². The van der Waals surface area contributed by atoms with Crippen LogP contribution in [0.4, 0.5) is 0 Å². The van der Waals surface area contributed by atoms with Crippen LogP contribution in [0.3, 0.4) is 0 Å². The summed E-state index contributed by atoms with van der Waals surface area (Å²) in [6, 6.07) is 0. The number of hydrogen-bond donors (Lipinski definition) is 3. The molecule has 27 heavy (non-hydrogen) atoms. The molecular weight excluding hydrogens is 344 g/mol. The number of allylic oxidation sites excluding steroid dienone is 2. The molecule has 0 saturated heterocycles. The van der Waals surface area contributed by atoms with Gasteiger partial charge in [-0.3, -0.25) is 4.79 Å². The Morgan fingerprint density at radius 3 is 2.70 bits per heavy atom. The van der Waals surface area contributed by atoms with Crippen LogP contribution in [0.1, 0.15) is 64.7 Å². The summed E-state index contributed by atoms with van der Waals surface area (Å²) in [5.74, 6) is -0.0239. The second kappa shape index (κ2) is 10.4. The molecule has 2 fully saturated rings. The van der Waals surface area contributed by atoms with E-state index in [0.717, 1.165) is 38.5 Å². The first-order valence-electron chi connectivity index (χ1n) is 10.4. The van der Waals surface area contributed by atoms with Crippen LogP contribution >= 0.6 is 0 Å². The molecule has 1 unspecified atom stereocenters. The zero-order chi connectivity index (χ0) is 19.9. The molecule has 2 saturated carbocycles. The van der Waals surface area contributed by atoms with Crippen LogP contribution < -0.4 is 0 Å². The quantitative estimate of drug-likeness (QED) is 0.291. The van der Waals surface area contributed by atoms with E-state index in [1.165, 1.54) is 7.11 Å². The lowest BCUT2D eigenvalue weighted by Crippen LogP contribution is -2.21. The minimum atomic E-state index is -0.712. The standard InChI is InChI=1S/C22H36O5/c1-3-4-9-16-15-22(16,26)13-12-18-17(19(23)14-20(18)24)10-7-5-6-8-11-21(25)27-2/h5,7,12-13,16-20,23-24,26H,3-4,6,8-11,14-15H2,1-2H3/b7-5-,13-12+/t16?,17-,18-,19+,20-,22+/m1/s1. The molecule has 154 valence electrons. The first-order valence-corrected chi connectivity index (χ1v) is 10.4. The summed E-state index contributed by atoms with van der Waals surface area (Å²) in [5, 5.41) is 31.2. The van der Waals surface area contributed by atoms with Gasteiger partial charge in [-0.25, -0.2) is 0 Å². The fraction of sp³-hybridized carbons (Fsp3) is 0.773. The van der Waals surface area contributed by atoms with Crippen LogP contribution in [0, 0.1) is 17.8 Å². The SMILES string of the molecule is CCCCC1C[C@@]1(O)/C=C/[C@@H]1[C@@H](C/C=C\CCCC(=O)OC)[C@@H](O)C[C@H]1O. The highest BCUT2D eigenvalue weighted by molar-refractivity contribution is 5.69. The van der Waals surface area contributed by atoms with Crippen LogP contribution in [0.2, 0.25) is 0 Å². The molecule has 0 aliphatic heterocycles. The van der Waals surface area contributed by atoms with Crippen LogP contribution in [-0.4, -0.2) is 46.2 Å². The van der Waals surface area contributed by atoms with E-state index in [0.29, 0.717) is 25.2 Å². The van der Waals surface area contributed by atoms with Crippen LogP contribution in [0.15, 0.2) is 24.3 Å². The van der Waals surface area contributed by atoms with Gasteiger partial charge in [0.1, 0.15) is 0 Å². The van der Waals surface area contributed by atoms with Gasteiger partial charge in [0.05, 0.1) is 24.9 Å². The van der Waals surface area contributed by atoms with E-state index >= 15 is 0 Å². The van der Waals surface area contributed by atoms with Crippen LogP contribution in [0.5, 0.6) is 0 Å². The van der Waals surface area contributed by atoms with Crippen molar-refractivity contribution in [2.45, 2.75) is 82.5 Å². The van der Waals surface area contributed by atoms with E-state index in [4.69, 9.17) is 0 Å². The highest BCUT2D eigenvalue weighted by atomic mass is 16.5. The van der Waals surface area contributed by atoms with E-state index in [1.54, 1.807) is 0 Å². The largest absolute Gasteiger partial charge is 0.469 e. The molecular formula is C22H36O5. The summed E-state index contributed by atoms with van der Waals surface area (Å²) >= 11 is 0. The maximum absolute atomic E-state index is 11.1. The van der Waals surface area contributed by atoms with Crippen molar-refractivity contribution in [3.05, 3.63) is 24.3 Å². The first-order chi connectivity index (χ1) is 12.9. The van der Waals surface area contributed by atoms with Crippen molar-refractivity contribution < 1.29 is 24.9 Å². The van der Waals surface area contributed by atoms with E-state index in [1.807, 2.05) is 24.3 Å². The third-order valence-electron chi connectivity index (χ3n) is 6.10. The lowest BCUT2D eigenvalue weighted by molar-refractivity contribution is -0.140. The van der Waals surface area contributed by atoms with E-state index in [-0.39, 0.29) is 17.8 Å². The minimum absolute atomic E-state index is 0.0375. The van der Waals surface area contributed by atoms with Gasteiger partial charge < -0.3 is 20.1 Å². The lowest BCUT2D eigenvalue weighted by Gasteiger charge is -2.19. The Kier molecular flexibility index (Phi) is 8.52. The summed E-state index contributed by atoms with van der Waals surface area (Å²) in [4.78, 5) is 11.1. The van der Waals surface area contributed by atoms with Gasteiger partial charge in [-0.2, -0.15) is 0 Å². The number of rotatable bonds is 11. The lowest BCUT2D eigenvalue weighted by atomic mass is 9.89. The number of aliphatic hydroxyl groups excluding tert-OH is 2. The first kappa shape index (κ1) is 22.1. The molecule has 2 aliphatic rings. The zero-order valence-electron chi connectivity index (χ0n) is 16.7. The summed E-state index contributed by atoms with van der Waals surface area (Å²) in [6.45, 7) is 2.15. The monoisotopic (exact) mass is 380 g/mol. The summed E-state index contributed by atoms with van der Waals surface area (Å²) in [6.07, 6.45) is 13.9. The van der Waals surface area contributed by atoms with E-state index in [9.17, 15) is 20.1 Å². The molecule has 3 N–H and O–H groups in total. The Morgan fingerprint density at radius 1 is 1.22 bits per heavy atom. The van der Waals surface area contributed by atoms with E-state index < -0.39 is 17.8 Å². The maximum Gasteiger partial charge on any atom is 0.305 e. The second-order valence-electron chi connectivity index (χ2n) is 8.18. The Hall–Kier alpha value is -1.17. The van der Waals surface area contributed by atoms with Gasteiger partial charge in [-0.1, -0.05) is 44.1 Å². The molecule has 2 aliphatic carbocycles. The number of esters is 1.